The Morgan fingerprint density at radius 3 is 3.40 bits per heavy atom. The number of hydrogen-bond acceptors (Lipinski definition) is 3. The maximum atomic E-state index is 5.20. The molecule has 0 saturated carbocycles. The highest BCUT2D eigenvalue weighted by Gasteiger charge is 2.23. The molecule has 0 bridgehead atoms. The largest absolute Gasteiger partial charge is 0.474 e. The molecule has 0 radical (unpaired) electrons. The van der Waals surface area contributed by atoms with Crippen LogP contribution in [-0.2, 0) is 4.74 Å². The van der Waals surface area contributed by atoms with E-state index >= 15 is 0 Å². The molecule has 4 heteroatoms. The van der Waals surface area contributed by atoms with Gasteiger partial charge in [0.15, 0.2) is 0 Å². The Morgan fingerprint density at radius 2 is 2.80 bits per heavy atom. The number of H-pyrrole nitrogens is 1. The molecular formula is C6H8N2O2. The molecule has 0 amide bonds. The molecular weight excluding hydrogens is 132 g/mol. The van der Waals surface area contributed by atoms with E-state index in [0.29, 0.717) is 18.6 Å². The van der Waals surface area contributed by atoms with Crippen molar-refractivity contribution >= 4 is 0 Å². The third-order valence-electron chi connectivity index (χ3n) is 1.29. The van der Waals surface area contributed by atoms with Gasteiger partial charge in [-0.15, -0.1) is 5.10 Å². The van der Waals surface area contributed by atoms with Crippen LogP contribution in [0.25, 0.3) is 0 Å². The number of nitrogens with one attached hydrogen (secondary N) is 1. The standard InChI is InChI=1S/C6H8N2O2/c1-2-7-8-6(1)10-4-5-3-9-5/h1-2,5H,3-4H2,(H,7,8). The number of aromatic nitrogens is 2. The average Bonchev–Trinajstić information content (AvgIpc) is 2.63. The molecule has 0 aromatic carbocycles. The van der Waals surface area contributed by atoms with Gasteiger partial charge < -0.3 is 9.47 Å². The lowest BCUT2D eigenvalue weighted by atomic mass is 10.5. The maximum Gasteiger partial charge on any atom is 0.232 e. The number of nitrogens with zero attached hydrogens (tertiary/aromatic N) is 1. The summed E-state index contributed by atoms with van der Waals surface area (Å²) in [5.74, 6) is 0.635. The highest BCUT2D eigenvalue weighted by Crippen LogP contribution is 2.11. The third-order valence-corrected chi connectivity index (χ3v) is 1.29. The SMILES string of the molecule is c1cc(OCC2CO2)n[nH]1. The fourth-order valence-electron chi connectivity index (χ4n) is 0.670. The Hall–Kier alpha value is -1.03. The van der Waals surface area contributed by atoms with Crippen molar-refractivity contribution in [3.8, 4) is 5.88 Å². The summed E-state index contributed by atoms with van der Waals surface area (Å²) in [5, 5.41) is 6.47. The van der Waals surface area contributed by atoms with Gasteiger partial charge in [0.05, 0.1) is 6.61 Å². The zero-order chi connectivity index (χ0) is 6.81. The molecule has 1 aromatic rings. The third kappa shape index (κ3) is 1.27. The van der Waals surface area contributed by atoms with Gasteiger partial charge in [0.2, 0.25) is 5.88 Å². The second-order valence-electron chi connectivity index (χ2n) is 2.18. The summed E-state index contributed by atoms with van der Waals surface area (Å²) in [6, 6.07) is 1.78. The molecule has 54 valence electrons. The summed E-state index contributed by atoms with van der Waals surface area (Å²) in [4.78, 5) is 0. The molecule has 1 aromatic heterocycles. The van der Waals surface area contributed by atoms with Gasteiger partial charge in [-0.3, -0.25) is 5.10 Å². The Kier molecular flexibility index (Phi) is 1.32. The van der Waals surface area contributed by atoms with Crippen molar-refractivity contribution in [3.63, 3.8) is 0 Å². The van der Waals surface area contributed by atoms with Crippen molar-refractivity contribution in [2.75, 3.05) is 13.2 Å². The first kappa shape index (κ1) is 5.73. The van der Waals surface area contributed by atoms with Crippen molar-refractivity contribution in [2.45, 2.75) is 6.10 Å². The van der Waals surface area contributed by atoms with Crippen LogP contribution in [0.2, 0.25) is 0 Å². The Balaban J connectivity index is 1.79. The zero-order valence-corrected chi connectivity index (χ0v) is 5.41. The van der Waals surface area contributed by atoms with Crippen LogP contribution in [0.5, 0.6) is 5.88 Å². The molecule has 1 fully saturated rings. The van der Waals surface area contributed by atoms with Crippen molar-refractivity contribution < 1.29 is 9.47 Å². The Bertz CT molecular complexity index is 194. The molecule has 1 saturated heterocycles. The predicted molar refractivity (Wildman–Crippen MR) is 33.8 cm³/mol. The lowest BCUT2D eigenvalue weighted by Crippen LogP contribution is -2.03. The van der Waals surface area contributed by atoms with Gasteiger partial charge in [-0.2, -0.15) is 0 Å². The Labute approximate surface area is 58.1 Å². The monoisotopic (exact) mass is 140 g/mol. The highest BCUT2D eigenvalue weighted by molar-refractivity contribution is 5.04. The first-order valence-corrected chi connectivity index (χ1v) is 3.19. The van der Waals surface area contributed by atoms with E-state index in [1.54, 1.807) is 12.3 Å². The summed E-state index contributed by atoms with van der Waals surface area (Å²) < 4.78 is 10.1. The molecule has 2 heterocycles. The van der Waals surface area contributed by atoms with E-state index < -0.39 is 0 Å². The summed E-state index contributed by atoms with van der Waals surface area (Å²) in [6.07, 6.45) is 2.03. The lowest BCUT2D eigenvalue weighted by molar-refractivity contribution is 0.255. The second-order valence-corrected chi connectivity index (χ2v) is 2.18. The molecule has 0 spiro atoms. The summed E-state index contributed by atoms with van der Waals surface area (Å²) in [5.41, 5.74) is 0. The van der Waals surface area contributed by atoms with Crippen molar-refractivity contribution in [2.24, 2.45) is 0 Å². The molecule has 0 aliphatic carbocycles. The minimum absolute atomic E-state index is 0.302. The fraction of sp³-hybridized carbons (Fsp3) is 0.500. The quantitative estimate of drug-likeness (QED) is 0.609. The fourth-order valence-corrected chi connectivity index (χ4v) is 0.670. The van der Waals surface area contributed by atoms with E-state index in [1.165, 1.54) is 0 Å². The van der Waals surface area contributed by atoms with Gasteiger partial charge in [-0.25, -0.2) is 0 Å². The smallest absolute Gasteiger partial charge is 0.232 e. The van der Waals surface area contributed by atoms with Crippen LogP contribution < -0.4 is 4.74 Å². The van der Waals surface area contributed by atoms with E-state index in [4.69, 9.17) is 9.47 Å². The molecule has 1 atom stereocenters. The molecule has 1 unspecified atom stereocenters. The molecule has 1 N–H and O–H groups in total. The van der Waals surface area contributed by atoms with Gasteiger partial charge in [-0.1, -0.05) is 0 Å². The summed E-state index contributed by atoms with van der Waals surface area (Å²) in [6.45, 7) is 1.44. The van der Waals surface area contributed by atoms with Crippen LogP contribution >= 0.6 is 0 Å². The minimum atomic E-state index is 0.302. The van der Waals surface area contributed by atoms with E-state index in [2.05, 4.69) is 10.2 Å². The van der Waals surface area contributed by atoms with Gasteiger partial charge in [0, 0.05) is 12.3 Å². The topological polar surface area (TPSA) is 50.4 Å². The van der Waals surface area contributed by atoms with Gasteiger partial charge in [-0.05, 0) is 0 Å². The summed E-state index contributed by atoms with van der Waals surface area (Å²) >= 11 is 0. The first-order valence-electron chi connectivity index (χ1n) is 3.19. The van der Waals surface area contributed by atoms with Crippen molar-refractivity contribution in [1.29, 1.82) is 0 Å². The van der Waals surface area contributed by atoms with Crippen LogP contribution in [-0.4, -0.2) is 29.5 Å². The maximum absolute atomic E-state index is 5.20. The minimum Gasteiger partial charge on any atom is -0.474 e. The van der Waals surface area contributed by atoms with Crippen LogP contribution in [0.3, 0.4) is 0 Å². The molecule has 1 aliphatic heterocycles. The molecule has 10 heavy (non-hydrogen) atoms. The zero-order valence-electron chi connectivity index (χ0n) is 5.41. The van der Waals surface area contributed by atoms with Crippen LogP contribution in [0.1, 0.15) is 0 Å². The number of ether oxygens (including phenoxy) is 2. The van der Waals surface area contributed by atoms with Crippen molar-refractivity contribution in [1.82, 2.24) is 10.2 Å². The number of hydrogen-bond donors (Lipinski definition) is 1. The van der Waals surface area contributed by atoms with E-state index in [0.717, 1.165) is 6.61 Å². The van der Waals surface area contributed by atoms with Crippen LogP contribution in [0, 0.1) is 0 Å². The molecule has 1 aliphatic rings. The highest BCUT2D eigenvalue weighted by atomic mass is 16.6. The van der Waals surface area contributed by atoms with Gasteiger partial charge in [0.25, 0.3) is 0 Å². The Morgan fingerprint density at radius 1 is 1.90 bits per heavy atom. The number of epoxide rings is 1. The normalized spacial score (nSPS) is 22.6. The van der Waals surface area contributed by atoms with Crippen molar-refractivity contribution in [3.05, 3.63) is 12.3 Å². The van der Waals surface area contributed by atoms with E-state index in [9.17, 15) is 0 Å². The number of aromatic amines is 1. The molecule has 2 rings (SSSR count). The van der Waals surface area contributed by atoms with E-state index in [-0.39, 0.29) is 0 Å². The van der Waals surface area contributed by atoms with Crippen LogP contribution in [0.4, 0.5) is 0 Å². The lowest BCUT2D eigenvalue weighted by Gasteiger charge is -1.95. The van der Waals surface area contributed by atoms with E-state index in [1.807, 2.05) is 0 Å². The first-order chi connectivity index (χ1) is 4.95. The van der Waals surface area contributed by atoms with Gasteiger partial charge >= 0.3 is 0 Å². The van der Waals surface area contributed by atoms with Gasteiger partial charge in [0.1, 0.15) is 12.7 Å². The average molecular weight is 140 g/mol. The number of rotatable bonds is 3. The summed E-state index contributed by atoms with van der Waals surface area (Å²) in [7, 11) is 0. The second kappa shape index (κ2) is 2.30. The molecule has 4 nitrogen and oxygen atoms in total. The van der Waals surface area contributed by atoms with Crippen LogP contribution in [0.15, 0.2) is 12.3 Å². The predicted octanol–water partition coefficient (Wildman–Crippen LogP) is 0.187.